The molecular formula is C18H34ClNO2. The number of ketones is 1. The quantitative estimate of drug-likeness (QED) is 0.656. The number of rotatable bonds is 7. The first-order valence-corrected chi connectivity index (χ1v) is 9.22. The predicted octanol–water partition coefficient (Wildman–Crippen LogP) is -0.577. The van der Waals surface area contributed by atoms with Gasteiger partial charge < -0.3 is 22.8 Å². The maximum Gasteiger partial charge on any atom is 0.141 e. The van der Waals surface area contributed by atoms with E-state index in [1.807, 2.05) is 0 Å². The largest absolute Gasteiger partial charge is 1.00 e. The van der Waals surface area contributed by atoms with Crippen LogP contribution in [0.4, 0.5) is 0 Å². The number of aliphatic hydroxyl groups excluding tert-OH is 1. The van der Waals surface area contributed by atoms with Crippen LogP contribution in [0, 0.1) is 11.8 Å². The second-order valence-corrected chi connectivity index (χ2v) is 7.32. The van der Waals surface area contributed by atoms with E-state index in [2.05, 4.69) is 12.2 Å². The van der Waals surface area contributed by atoms with Crippen LogP contribution in [0.15, 0.2) is 0 Å². The van der Waals surface area contributed by atoms with E-state index >= 15 is 0 Å². The van der Waals surface area contributed by atoms with Gasteiger partial charge in [-0.05, 0) is 38.5 Å². The second-order valence-electron chi connectivity index (χ2n) is 7.32. The molecule has 3 nitrogen and oxygen atoms in total. The van der Waals surface area contributed by atoms with Crippen LogP contribution >= 0.6 is 0 Å². The summed E-state index contributed by atoms with van der Waals surface area (Å²) in [7, 11) is 0. The van der Waals surface area contributed by atoms with E-state index in [0.717, 1.165) is 19.4 Å². The van der Waals surface area contributed by atoms with Gasteiger partial charge in [0.2, 0.25) is 0 Å². The summed E-state index contributed by atoms with van der Waals surface area (Å²) in [6, 6.07) is 0.229. The SMILES string of the molecule is CC([NH2+]CCC(=O)C1CCCCC1)C(O)C1CCCCC1.[Cl-]. The first-order chi connectivity index (χ1) is 10.2. The number of hydrogen-bond acceptors (Lipinski definition) is 2. The lowest BCUT2D eigenvalue weighted by Gasteiger charge is -2.29. The van der Waals surface area contributed by atoms with Crippen molar-refractivity contribution in [2.45, 2.75) is 89.7 Å². The van der Waals surface area contributed by atoms with Crippen molar-refractivity contribution in [1.29, 1.82) is 0 Å². The Labute approximate surface area is 142 Å². The fourth-order valence-electron chi connectivity index (χ4n) is 4.16. The van der Waals surface area contributed by atoms with Gasteiger partial charge >= 0.3 is 0 Å². The molecule has 0 aromatic heterocycles. The fraction of sp³-hybridized carbons (Fsp3) is 0.944. The minimum atomic E-state index is -0.199. The highest BCUT2D eigenvalue weighted by Crippen LogP contribution is 2.27. The average molecular weight is 332 g/mol. The normalized spacial score (nSPS) is 23.5. The molecular weight excluding hydrogens is 298 g/mol. The Morgan fingerprint density at radius 3 is 2.18 bits per heavy atom. The van der Waals surface area contributed by atoms with Crippen molar-refractivity contribution >= 4 is 5.78 Å². The molecule has 0 amide bonds. The van der Waals surface area contributed by atoms with Gasteiger partial charge in [-0.1, -0.05) is 38.5 Å². The third-order valence-electron chi connectivity index (χ3n) is 5.66. The molecule has 2 saturated carbocycles. The molecule has 2 unspecified atom stereocenters. The zero-order valence-corrected chi connectivity index (χ0v) is 14.9. The van der Waals surface area contributed by atoms with Crippen molar-refractivity contribution in [3.8, 4) is 0 Å². The van der Waals surface area contributed by atoms with Crippen LogP contribution in [-0.4, -0.2) is 29.6 Å². The van der Waals surface area contributed by atoms with Crippen LogP contribution in [-0.2, 0) is 4.79 Å². The number of halogens is 1. The zero-order chi connectivity index (χ0) is 15.1. The minimum absolute atomic E-state index is 0. The van der Waals surface area contributed by atoms with Gasteiger partial charge in [0.1, 0.15) is 17.9 Å². The van der Waals surface area contributed by atoms with Crippen molar-refractivity contribution in [2.75, 3.05) is 6.54 Å². The maximum atomic E-state index is 12.2. The van der Waals surface area contributed by atoms with Crippen LogP contribution in [0.1, 0.15) is 77.6 Å². The molecule has 2 fully saturated rings. The van der Waals surface area contributed by atoms with Gasteiger partial charge in [-0.3, -0.25) is 4.79 Å². The van der Waals surface area contributed by atoms with Gasteiger partial charge in [0.15, 0.2) is 0 Å². The minimum Gasteiger partial charge on any atom is -1.00 e. The molecule has 0 aromatic rings. The second kappa shape index (κ2) is 10.6. The van der Waals surface area contributed by atoms with E-state index in [0.29, 0.717) is 24.0 Å². The molecule has 130 valence electrons. The predicted molar refractivity (Wildman–Crippen MR) is 85.0 cm³/mol. The first-order valence-electron chi connectivity index (χ1n) is 9.22. The number of nitrogens with two attached hydrogens (primary N) is 1. The molecule has 0 bridgehead atoms. The van der Waals surface area contributed by atoms with Crippen molar-refractivity contribution in [3.63, 3.8) is 0 Å². The van der Waals surface area contributed by atoms with Crippen LogP contribution in [0.3, 0.4) is 0 Å². The van der Waals surface area contributed by atoms with E-state index in [1.54, 1.807) is 0 Å². The van der Waals surface area contributed by atoms with Gasteiger partial charge in [-0.25, -0.2) is 0 Å². The Kier molecular flexibility index (Phi) is 9.62. The fourth-order valence-corrected chi connectivity index (χ4v) is 4.16. The van der Waals surface area contributed by atoms with E-state index in [-0.39, 0.29) is 24.6 Å². The monoisotopic (exact) mass is 331 g/mol. The molecule has 2 rings (SSSR count). The number of carbonyl (C=O) groups excluding carboxylic acids is 1. The third kappa shape index (κ3) is 6.17. The molecule has 0 heterocycles. The lowest BCUT2D eigenvalue weighted by Crippen LogP contribution is -3.00. The number of hydrogen-bond donors (Lipinski definition) is 2. The van der Waals surface area contributed by atoms with Crippen molar-refractivity contribution < 1.29 is 27.6 Å². The standard InChI is InChI=1S/C18H33NO2.ClH/c1-14(18(21)16-10-6-3-7-11-16)19-13-12-17(20)15-8-4-2-5-9-15;/h14-16,18-19,21H,2-13H2,1H3;1H. The topological polar surface area (TPSA) is 53.9 Å². The Balaban J connectivity index is 0.00000242. The molecule has 0 radical (unpaired) electrons. The Morgan fingerprint density at radius 1 is 1.05 bits per heavy atom. The molecule has 0 spiro atoms. The van der Waals surface area contributed by atoms with Gasteiger partial charge in [0.05, 0.1) is 13.0 Å². The Hall–Kier alpha value is -0.120. The van der Waals surface area contributed by atoms with E-state index < -0.39 is 0 Å². The van der Waals surface area contributed by atoms with E-state index in [9.17, 15) is 9.90 Å². The average Bonchev–Trinajstić information content (AvgIpc) is 2.55. The van der Waals surface area contributed by atoms with Crippen molar-refractivity contribution in [3.05, 3.63) is 0 Å². The van der Waals surface area contributed by atoms with Gasteiger partial charge in [-0.15, -0.1) is 0 Å². The summed E-state index contributed by atoms with van der Waals surface area (Å²) in [5.74, 6) is 1.29. The third-order valence-corrected chi connectivity index (χ3v) is 5.66. The van der Waals surface area contributed by atoms with Crippen LogP contribution in [0.5, 0.6) is 0 Å². The molecule has 0 saturated heterocycles. The van der Waals surface area contributed by atoms with Crippen molar-refractivity contribution in [1.82, 2.24) is 0 Å². The molecule has 4 heteroatoms. The number of quaternary nitrogens is 1. The molecule has 0 aliphatic heterocycles. The highest BCUT2D eigenvalue weighted by atomic mass is 35.5. The van der Waals surface area contributed by atoms with Crippen molar-refractivity contribution in [2.24, 2.45) is 11.8 Å². The Morgan fingerprint density at radius 2 is 1.59 bits per heavy atom. The molecule has 2 aliphatic rings. The van der Waals surface area contributed by atoms with Gasteiger partial charge in [0.25, 0.3) is 0 Å². The molecule has 22 heavy (non-hydrogen) atoms. The highest BCUT2D eigenvalue weighted by Gasteiger charge is 2.28. The molecule has 3 N–H and O–H groups in total. The summed E-state index contributed by atoms with van der Waals surface area (Å²) in [5, 5.41) is 12.6. The summed E-state index contributed by atoms with van der Waals surface area (Å²) >= 11 is 0. The summed E-state index contributed by atoms with van der Waals surface area (Å²) < 4.78 is 0. The summed E-state index contributed by atoms with van der Waals surface area (Å²) in [6.07, 6.45) is 12.7. The molecule has 0 aromatic carbocycles. The van der Waals surface area contributed by atoms with Crippen LogP contribution in [0.25, 0.3) is 0 Å². The molecule has 2 aliphatic carbocycles. The summed E-state index contributed by atoms with van der Waals surface area (Å²) in [5.41, 5.74) is 0. The van der Waals surface area contributed by atoms with Crippen LogP contribution < -0.4 is 17.7 Å². The van der Waals surface area contributed by atoms with E-state index in [4.69, 9.17) is 0 Å². The summed E-state index contributed by atoms with van der Waals surface area (Å²) in [6.45, 7) is 2.96. The lowest BCUT2D eigenvalue weighted by atomic mass is 9.83. The number of carbonyl (C=O) groups is 1. The lowest BCUT2D eigenvalue weighted by molar-refractivity contribution is -0.693. The highest BCUT2D eigenvalue weighted by molar-refractivity contribution is 5.81. The van der Waals surface area contributed by atoms with Crippen LogP contribution in [0.2, 0.25) is 0 Å². The zero-order valence-electron chi connectivity index (χ0n) is 14.1. The smallest absolute Gasteiger partial charge is 0.141 e. The number of aliphatic hydroxyl groups is 1. The maximum absolute atomic E-state index is 12.2. The van der Waals surface area contributed by atoms with Gasteiger partial charge in [-0.2, -0.15) is 0 Å². The molecule has 2 atom stereocenters. The summed E-state index contributed by atoms with van der Waals surface area (Å²) in [4.78, 5) is 12.2. The van der Waals surface area contributed by atoms with E-state index in [1.165, 1.54) is 51.4 Å². The first kappa shape index (κ1) is 19.9. The Bertz CT molecular complexity index is 312. The van der Waals surface area contributed by atoms with Gasteiger partial charge in [0, 0.05) is 5.92 Å². The number of Topliss-reactive ketones (excluding diaryl/α,β-unsaturated/α-hetero) is 1.